The summed E-state index contributed by atoms with van der Waals surface area (Å²) in [5.41, 5.74) is 6.92. The molecule has 0 atom stereocenters. The van der Waals surface area contributed by atoms with E-state index in [2.05, 4.69) is 0 Å². The third-order valence-electron chi connectivity index (χ3n) is 16.4. The number of unbranched alkanes of at least 4 members (excludes halogenated alkanes) is 3. The van der Waals surface area contributed by atoms with Gasteiger partial charge in [0.05, 0.1) is 53.3 Å². The Balaban J connectivity index is 0.000000130. The van der Waals surface area contributed by atoms with Gasteiger partial charge in [0.15, 0.2) is 0 Å². The number of aliphatic hydroxyl groups excluding tert-OH is 3. The van der Waals surface area contributed by atoms with Gasteiger partial charge in [-0.25, -0.2) is 28.8 Å². The maximum atomic E-state index is 12.7. The highest BCUT2D eigenvalue weighted by Crippen LogP contribution is 2.32. The molecule has 0 aliphatic carbocycles. The summed E-state index contributed by atoms with van der Waals surface area (Å²) in [5, 5.41) is 30.1. The number of benzene rings is 9. The number of ether oxygens (including phenoxy) is 9. The first-order valence-corrected chi connectivity index (χ1v) is 31.3. The van der Waals surface area contributed by atoms with E-state index in [0.717, 1.165) is 42.4 Å². The molecule has 18 nitrogen and oxygen atoms in total. The predicted octanol–water partition coefficient (Wildman–Crippen LogP) is 6.22. The number of aliphatic hydroxyl groups is 3. The lowest BCUT2D eigenvalue weighted by Gasteiger charge is -2.07. The topological polar surface area (TPSA) is 246 Å². The van der Waals surface area contributed by atoms with E-state index in [1.54, 1.807) is 84.9 Å². The molecule has 18 heteroatoms. The van der Waals surface area contributed by atoms with Crippen molar-refractivity contribution in [3.05, 3.63) is 265 Å². The van der Waals surface area contributed by atoms with Crippen molar-refractivity contribution in [3.63, 3.8) is 0 Å². The van der Waals surface area contributed by atoms with Gasteiger partial charge in [0.1, 0.15) is 51.7 Å². The minimum atomic E-state index is -0.458. The zero-order valence-corrected chi connectivity index (χ0v) is 51.5. The van der Waals surface area contributed by atoms with E-state index in [9.17, 15) is 28.8 Å². The van der Waals surface area contributed by atoms with E-state index >= 15 is 0 Å². The molecule has 9 aromatic carbocycles. The number of hydrogen-bond donors (Lipinski definition) is 3. The Morgan fingerprint density at radius 2 is 0.448 bits per heavy atom. The van der Waals surface area contributed by atoms with Crippen molar-refractivity contribution in [2.45, 2.75) is 38.5 Å². The van der Waals surface area contributed by atoms with Gasteiger partial charge in [0, 0.05) is 57.6 Å². The Morgan fingerprint density at radius 3 is 0.688 bits per heavy atom. The number of carbonyl (C=O) groups is 6. The van der Waals surface area contributed by atoms with Gasteiger partial charge in [-0.1, -0.05) is 127 Å². The average Bonchev–Trinajstić information content (AvgIpc) is 1.80. The zero-order chi connectivity index (χ0) is 66.2. The van der Waals surface area contributed by atoms with Crippen LogP contribution in [0.3, 0.4) is 0 Å². The first kappa shape index (κ1) is 63.1. The molecule has 3 N–H and O–H groups in total. The third-order valence-corrected chi connectivity index (χ3v) is 16.4. The molecular weight excluding hydrogens is 1220 g/mol. The normalized spacial score (nSPS) is 14.2. The monoisotopic (exact) mass is 1280 g/mol. The summed E-state index contributed by atoms with van der Waals surface area (Å²) in [7, 11) is 0. The van der Waals surface area contributed by atoms with Crippen LogP contribution in [0, 0.1) is 0 Å². The molecule has 0 bridgehead atoms. The smallest absolute Gasteiger partial charge is 0.344 e. The van der Waals surface area contributed by atoms with Crippen LogP contribution >= 0.6 is 0 Å². The van der Waals surface area contributed by atoms with Crippen molar-refractivity contribution in [1.82, 2.24) is 0 Å². The van der Waals surface area contributed by atoms with E-state index in [1.807, 2.05) is 115 Å². The molecule has 96 heavy (non-hydrogen) atoms. The largest absolute Gasteiger partial charge is 0.494 e. The summed E-state index contributed by atoms with van der Waals surface area (Å²) in [6, 6.07) is 59.5. The molecule has 6 aliphatic rings. The van der Waals surface area contributed by atoms with Gasteiger partial charge in [-0.05, 0) is 138 Å². The zero-order valence-electron chi connectivity index (χ0n) is 51.5. The van der Waals surface area contributed by atoms with Gasteiger partial charge >= 0.3 is 35.8 Å². The van der Waals surface area contributed by atoms with Crippen LogP contribution in [-0.4, -0.2) is 90.8 Å². The lowest BCUT2D eigenvalue weighted by Crippen LogP contribution is -2.11. The second-order valence-corrected chi connectivity index (χ2v) is 22.6. The highest BCUT2D eigenvalue weighted by molar-refractivity contribution is 6.23. The summed E-state index contributed by atoms with van der Waals surface area (Å²) in [6.07, 6.45) is 4.55. The molecule has 0 saturated carbocycles. The minimum absolute atomic E-state index is 0.0664. The quantitative estimate of drug-likeness (QED) is 0.0410. The Hall–Kier alpha value is -11.7. The summed E-state index contributed by atoms with van der Waals surface area (Å²) in [6.45, 7) is 1.90. The fourth-order valence-corrected chi connectivity index (χ4v) is 11.8. The maximum absolute atomic E-state index is 12.7. The molecule has 0 fully saturated rings. The number of esters is 6. The summed E-state index contributed by atoms with van der Waals surface area (Å²) >= 11 is 0. The van der Waals surface area contributed by atoms with Crippen LogP contribution < -0.4 is 73.9 Å². The Labute approximate surface area is 548 Å². The van der Waals surface area contributed by atoms with Crippen molar-refractivity contribution in [1.29, 1.82) is 0 Å². The molecule has 9 aromatic rings. The highest BCUT2D eigenvalue weighted by atomic mass is 16.6. The van der Waals surface area contributed by atoms with Crippen molar-refractivity contribution in [2.75, 3.05) is 39.6 Å². The van der Waals surface area contributed by atoms with Crippen molar-refractivity contribution < 1.29 is 86.7 Å². The predicted molar refractivity (Wildman–Crippen MR) is 350 cm³/mol. The Morgan fingerprint density at radius 1 is 0.240 bits per heavy atom. The van der Waals surface area contributed by atoms with Crippen molar-refractivity contribution in [3.8, 4) is 51.7 Å². The second kappa shape index (κ2) is 28.3. The van der Waals surface area contributed by atoms with Crippen molar-refractivity contribution >= 4 is 69.3 Å². The molecule has 6 aliphatic heterocycles. The lowest BCUT2D eigenvalue weighted by molar-refractivity contribution is -0.128. The maximum Gasteiger partial charge on any atom is 0.344 e. The summed E-state index contributed by atoms with van der Waals surface area (Å²) in [5.74, 6) is 1.84. The minimum Gasteiger partial charge on any atom is -0.494 e. The Bertz CT molecular complexity index is 4970. The molecule has 480 valence electrons. The molecule has 0 spiro atoms. The van der Waals surface area contributed by atoms with Gasteiger partial charge in [0.2, 0.25) is 0 Å². The van der Waals surface area contributed by atoms with Crippen LogP contribution in [0.25, 0.3) is 33.4 Å². The van der Waals surface area contributed by atoms with Crippen LogP contribution in [0.15, 0.2) is 200 Å². The molecule has 0 saturated heterocycles. The van der Waals surface area contributed by atoms with Crippen LogP contribution in [-0.2, 0) is 28.8 Å². The fourth-order valence-electron chi connectivity index (χ4n) is 11.8. The van der Waals surface area contributed by atoms with Gasteiger partial charge in [-0.2, -0.15) is 0 Å². The van der Waals surface area contributed by atoms with Gasteiger partial charge in [-0.3, -0.25) is 0 Å². The van der Waals surface area contributed by atoms with Crippen LogP contribution in [0.1, 0.15) is 71.9 Å². The molecular formula is C78H60O18. The molecule has 6 heterocycles. The van der Waals surface area contributed by atoms with E-state index in [0.29, 0.717) is 166 Å². The average molecular weight is 1290 g/mol. The van der Waals surface area contributed by atoms with Crippen LogP contribution in [0.4, 0.5) is 0 Å². The van der Waals surface area contributed by atoms with E-state index in [-0.39, 0.29) is 19.8 Å². The van der Waals surface area contributed by atoms with E-state index < -0.39 is 35.8 Å². The molecule has 0 radical (unpaired) electrons. The van der Waals surface area contributed by atoms with Crippen molar-refractivity contribution in [2.24, 2.45) is 0 Å². The number of rotatable bonds is 21. The SMILES string of the molecule is O=C1Oc2cc3c(cc2=C1c1ccccc1)OC(=O)C=3c1ccc(OCCCCCO)cc1.O=C1Oc2cc3c(cc2=C1c1ccccc1)OC(=O)C=3c1ccc(OCCCCO)cc1.O=C1Oc2cc3c(cc2=C1c1ccccc1)OC(=O)C=3c1ccc(OCCCO)cc1. The standard InChI is InChI=1S/C27H22O6.C26H20O6.C25H18O6/c28-13-5-2-6-14-31-19-11-9-18(10-12-19)25-21-16-22-20(15-23(21)33-27(25)30)24(26(29)32-22)17-7-3-1-4-8-17;27-12-4-5-13-30-18-10-8-17(9-11-18)24-20-15-21-19(14-22(20)32-26(24)29)23(25(28)31-21)16-6-2-1-3-7-16;26-11-4-12-29-17-9-7-16(8-10-17)23-19-14-20-18(13-21(19)31-25(23)28)22(24(27)30-20)15-5-2-1-3-6-15/h1,3-4,7-12,15-16,28H,2,5-6,13-14H2;1-3,6-11,14-15,27H,4-5,12-13H2;1-3,5-10,13-14,26H,4,11-12H2. The first-order valence-electron chi connectivity index (χ1n) is 31.3. The fraction of sp³-hybridized carbons (Fsp3) is 0.154. The van der Waals surface area contributed by atoms with Crippen LogP contribution in [0.2, 0.25) is 0 Å². The van der Waals surface area contributed by atoms with Gasteiger partial charge in [-0.15, -0.1) is 0 Å². The van der Waals surface area contributed by atoms with E-state index in [1.165, 1.54) is 0 Å². The Kier molecular flexibility index (Phi) is 18.6. The number of carbonyl (C=O) groups excluding carboxylic acids is 6. The molecule has 15 rings (SSSR count). The van der Waals surface area contributed by atoms with Gasteiger partial charge < -0.3 is 58.0 Å². The molecule has 0 unspecified atom stereocenters. The lowest BCUT2D eigenvalue weighted by atomic mass is 10.0. The number of fused-ring (bicyclic) bond motifs is 6. The number of hydrogen-bond acceptors (Lipinski definition) is 18. The first-order chi connectivity index (χ1) is 47.0. The summed E-state index contributed by atoms with van der Waals surface area (Å²) < 4.78 is 50.0. The molecule has 0 aromatic heterocycles. The molecule has 0 amide bonds. The van der Waals surface area contributed by atoms with Gasteiger partial charge in [0.25, 0.3) is 0 Å². The van der Waals surface area contributed by atoms with Crippen LogP contribution in [0.5, 0.6) is 51.7 Å². The third kappa shape index (κ3) is 13.0. The van der Waals surface area contributed by atoms with E-state index in [4.69, 9.17) is 58.0 Å². The summed E-state index contributed by atoms with van der Waals surface area (Å²) in [4.78, 5) is 75.6. The highest BCUT2D eigenvalue weighted by Gasteiger charge is 2.34. The second-order valence-electron chi connectivity index (χ2n) is 22.6.